The van der Waals surface area contributed by atoms with Gasteiger partial charge in [-0.05, 0) is 97.3 Å². The third kappa shape index (κ3) is 5.26. The second-order valence-electron chi connectivity index (χ2n) is 10.4. The molecule has 0 unspecified atom stereocenters. The van der Waals surface area contributed by atoms with Crippen molar-refractivity contribution in [1.29, 1.82) is 0 Å². The van der Waals surface area contributed by atoms with E-state index in [1.165, 1.54) is 4.90 Å². The minimum absolute atomic E-state index is 0.0227. The molecule has 0 aliphatic carbocycles. The average molecular weight is 587 g/mol. The van der Waals surface area contributed by atoms with Gasteiger partial charge in [0.1, 0.15) is 0 Å². The Hall–Kier alpha value is -5.92. The highest BCUT2D eigenvalue weighted by Crippen LogP contribution is 2.40. The molecule has 0 bridgehead atoms. The van der Waals surface area contributed by atoms with Crippen molar-refractivity contribution in [1.82, 2.24) is 0 Å². The van der Waals surface area contributed by atoms with Gasteiger partial charge in [-0.3, -0.25) is 0 Å². The Bertz CT molecular complexity index is 2950. The highest BCUT2D eigenvalue weighted by atomic mass is 15.1. The van der Waals surface area contributed by atoms with Gasteiger partial charge in [0.05, 0.1) is 17.8 Å². The number of anilines is 3. The summed E-state index contributed by atoms with van der Waals surface area (Å²) in [6.45, 7) is 0. The van der Waals surface area contributed by atoms with Crippen LogP contribution < -0.4 is 4.90 Å². The summed E-state index contributed by atoms with van der Waals surface area (Å²) in [6.07, 6.45) is 0. The van der Waals surface area contributed by atoms with Crippen molar-refractivity contribution in [3.63, 3.8) is 0 Å². The first-order valence-electron chi connectivity index (χ1n) is 20.9. The molecular weight excluding hydrogens is 542 g/mol. The van der Waals surface area contributed by atoms with Crippen LogP contribution in [-0.4, -0.2) is 0 Å². The lowest BCUT2D eigenvalue weighted by Gasteiger charge is -2.27. The summed E-state index contributed by atoms with van der Waals surface area (Å²) in [5.74, 6) is 0. The first kappa shape index (κ1) is 16.2. The van der Waals surface area contributed by atoms with Crippen molar-refractivity contribution in [2.45, 2.75) is 0 Å². The van der Waals surface area contributed by atoms with Gasteiger partial charge in [-0.2, -0.15) is 0 Å². The molecule has 0 spiro atoms. The first-order valence-corrected chi connectivity index (χ1v) is 14.4. The van der Waals surface area contributed by atoms with Crippen LogP contribution in [0.15, 0.2) is 188 Å². The van der Waals surface area contributed by atoms with Gasteiger partial charge < -0.3 is 4.90 Å². The number of rotatable bonds is 6. The van der Waals surface area contributed by atoms with Crippen molar-refractivity contribution in [3.05, 3.63) is 188 Å². The maximum absolute atomic E-state index is 9.73. The maximum atomic E-state index is 9.73. The molecule has 0 aliphatic rings. The lowest BCUT2D eigenvalue weighted by atomic mass is 9.97. The summed E-state index contributed by atoms with van der Waals surface area (Å²) >= 11 is 0. The molecule has 45 heavy (non-hydrogen) atoms. The molecule has 0 heterocycles. The molecule has 0 atom stereocenters. The number of fused-ring (bicyclic) bond motifs is 2. The van der Waals surface area contributed by atoms with E-state index >= 15 is 0 Å². The van der Waals surface area contributed by atoms with Gasteiger partial charge in [0.15, 0.2) is 0 Å². The fraction of sp³-hybridized carbons (Fsp3) is 0. The average Bonchev–Trinajstić information content (AvgIpc) is 3.24. The Morgan fingerprint density at radius 2 is 1.07 bits per heavy atom. The molecule has 0 amide bonds. The predicted molar refractivity (Wildman–Crippen MR) is 192 cm³/mol. The molecule has 0 aromatic heterocycles. The monoisotopic (exact) mass is 586 g/mol. The zero-order chi connectivity index (χ0) is 41.3. The second-order valence-corrected chi connectivity index (χ2v) is 10.4. The minimum Gasteiger partial charge on any atom is -0.310 e. The number of nitrogens with zero attached hydrogens (tertiary/aromatic N) is 1. The molecule has 0 radical (unpaired) electrons. The van der Waals surface area contributed by atoms with Crippen LogP contribution in [0.1, 0.15) is 17.8 Å². The molecule has 0 fully saturated rings. The summed E-state index contributed by atoms with van der Waals surface area (Å²) in [5.41, 5.74) is 0.440. The van der Waals surface area contributed by atoms with E-state index in [2.05, 4.69) is 0 Å². The lowest BCUT2D eigenvalue weighted by Crippen LogP contribution is -2.10. The van der Waals surface area contributed by atoms with E-state index < -0.39 is 83.3 Å². The smallest absolute Gasteiger partial charge is 0.0651 e. The summed E-state index contributed by atoms with van der Waals surface area (Å²) in [5, 5.41) is 3.48. The molecule has 212 valence electrons. The largest absolute Gasteiger partial charge is 0.310 e. The van der Waals surface area contributed by atoms with Gasteiger partial charge in [0.25, 0.3) is 0 Å². The number of hydrogen-bond donors (Lipinski definition) is 0. The van der Waals surface area contributed by atoms with Gasteiger partial charge in [-0.25, -0.2) is 0 Å². The highest BCUT2D eigenvalue weighted by Gasteiger charge is 2.15. The normalized spacial score (nSPS) is 15.2. The van der Waals surface area contributed by atoms with Crippen molar-refractivity contribution >= 4 is 38.6 Å². The molecule has 8 aromatic carbocycles. The van der Waals surface area contributed by atoms with Crippen LogP contribution >= 0.6 is 0 Å². The number of hydrogen-bond acceptors (Lipinski definition) is 1. The molecule has 0 saturated heterocycles. The maximum Gasteiger partial charge on any atom is 0.0651 e. The van der Waals surface area contributed by atoms with Crippen LogP contribution in [0.3, 0.4) is 0 Å². The first-order chi connectivity index (χ1) is 27.7. The zero-order valence-corrected chi connectivity index (χ0v) is 23.8. The SMILES string of the molecule is [2H]c1c([2H])c([2H])c(-c2c([2H])c([2H])c(N(c3cccc(-c4ccc5ccccc5c4)c3)c3c([2H])c([2H])c([2H])c(-c4cccc5ccccc45)c3[2H])c([2H])c2[2H])c([2H])c1[2H]. The molecule has 0 saturated carbocycles. The van der Waals surface area contributed by atoms with E-state index in [4.69, 9.17) is 9.60 Å². The van der Waals surface area contributed by atoms with Crippen LogP contribution in [0, 0.1) is 0 Å². The minimum atomic E-state index is -0.722. The van der Waals surface area contributed by atoms with Crippen molar-refractivity contribution in [2.24, 2.45) is 0 Å². The van der Waals surface area contributed by atoms with E-state index in [1.54, 1.807) is 30.3 Å². The highest BCUT2D eigenvalue weighted by molar-refractivity contribution is 5.97. The van der Waals surface area contributed by atoms with Gasteiger partial charge in [0, 0.05) is 17.1 Å². The molecule has 8 aromatic rings. The fourth-order valence-corrected chi connectivity index (χ4v) is 5.50. The standard InChI is InChI=1S/C44H31N/c1-2-11-32(12-3-1)34-25-27-40(28-26-34)45(41-19-8-17-37(30-41)38-24-23-33-13-4-5-15-36(33)29-38)42-20-9-18-39(31-42)44-22-10-16-35-14-6-7-21-43(35)44/h1-31H/i1D,2D,3D,9D,11D,12D,18D,20D,25D,26D,27D,28D,31D. The van der Waals surface area contributed by atoms with Crippen LogP contribution in [0.4, 0.5) is 17.1 Å². The Kier molecular flexibility index (Phi) is 4.20. The van der Waals surface area contributed by atoms with Crippen molar-refractivity contribution in [2.75, 3.05) is 4.90 Å². The zero-order valence-electron chi connectivity index (χ0n) is 36.8. The Balaban J connectivity index is 1.46. The van der Waals surface area contributed by atoms with Crippen molar-refractivity contribution in [3.8, 4) is 33.4 Å². The molecule has 0 N–H and O–H groups in total. The van der Waals surface area contributed by atoms with Gasteiger partial charge in [0.2, 0.25) is 0 Å². The van der Waals surface area contributed by atoms with E-state index in [0.717, 1.165) is 21.7 Å². The van der Waals surface area contributed by atoms with Crippen molar-refractivity contribution < 1.29 is 17.8 Å². The predicted octanol–water partition coefficient (Wildman–Crippen LogP) is 12.5. The van der Waals surface area contributed by atoms with E-state index in [-0.39, 0.29) is 29.0 Å². The van der Waals surface area contributed by atoms with E-state index in [0.29, 0.717) is 16.5 Å². The summed E-state index contributed by atoms with van der Waals surface area (Å²) in [6, 6.07) is 25.2. The van der Waals surface area contributed by atoms with E-state index in [1.807, 2.05) is 78.9 Å². The van der Waals surface area contributed by atoms with Gasteiger partial charge >= 0.3 is 0 Å². The van der Waals surface area contributed by atoms with E-state index in [9.17, 15) is 8.22 Å². The van der Waals surface area contributed by atoms with Gasteiger partial charge in [-0.1, -0.05) is 145 Å². The van der Waals surface area contributed by atoms with Crippen LogP contribution in [0.25, 0.3) is 54.9 Å². The molecule has 1 heteroatoms. The summed E-state index contributed by atoms with van der Waals surface area (Å²) in [7, 11) is 0. The molecule has 0 aliphatic heterocycles. The topological polar surface area (TPSA) is 3.24 Å². The van der Waals surface area contributed by atoms with Crippen LogP contribution in [-0.2, 0) is 0 Å². The molecular formula is C44H31N. The lowest BCUT2D eigenvalue weighted by molar-refractivity contribution is 1.28. The molecule has 8 rings (SSSR count). The Morgan fingerprint density at radius 1 is 0.378 bits per heavy atom. The van der Waals surface area contributed by atoms with Crippen LogP contribution in [0.2, 0.25) is 0 Å². The third-order valence-corrected chi connectivity index (χ3v) is 7.67. The third-order valence-electron chi connectivity index (χ3n) is 7.67. The summed E-state index contributed by atoms with van der Waals surface area (Å²) in [4.78, 5) is 1.23. The Morgan fingerprint density at radius 3 is 1.93 bits per heavy atom. The van der Waals surface area contributed by atoms with Crippen LogP contribution in [0.5, 0.6) is 0 Å². The quantitative estimate of drug-likeness (QED) is 0.187. The van der Waals surface area contributed by atoms with Gasteiger partial charge in [-0.15, -0.1) is 0 Å². The molecule has 1 nitrogen and oxygen atoms in total. The Labute approximate surface area is 282 Å². The number of benzene rings is 8. The fourth-order valence-electron chi connectivity index (χ4n) is 5.50. The second kappa shape index (κ2) is 11.6. The summed E-state index contributed by atoms with van der Waals surface area (Å²) < 4.78 is 116.